The highest BCUT2D eigenvalue weighted by molar-refractivity contribution is 9.10. The molecule has 0 atom stereocenters. The normalized spacial score (nSPS) is 10.3. The van der Waals surface area contributed by atoms with Gasteiger partial charge in [-0.25, -0.2) is 4.98 Å². The number of halogens is 2. The van der Waals surface area contributed by atoms with Crippen LogP contribution in [0.15, 0.2) is 41.0 Å². The molecule has 2 aromatic rings. The molecule has 0 aliphatic rings. The van der Waals surface area contributed by atoms with Gasteiger partial charge in [0.25, 0.3) is 5.91 Å². The highest BCUT2D eigenvalue weighted by Gasteiger charge is 2.12. The lowest BCUT2D eigenvalue weighted by Gasteiger charge is -2.10. The second-order valence-corrected chi connectivity index (χ2v) is 5.57. The van der Waals surface area contributed by atoms with Crippen LogP contribution in [0.5, 0.6) is 0 Å². The van der Waals surface area contributed by atoms with Crippen LogP contribution in [0.3, 0.4) is 0 Å². The van der Waals surface area contributed by atoms with Gasteiger partial charge in [0.2, 0.25) is 0 Å². The molecule has 0 spiro atoms. The average molecular weight is 354 g/mol. The van der Waals surface area contributed by atoms with E-state index in [4.69, 9.17) is 11.6 Å². The standard InChI is InChI=1S/C15H14BrClN2O/c1-2-10-5-3-4-6-11(10)8-19-15(20)13-7-12(16)9-18-14(13)17/h3-7,9H,2,8H2,1H3,(H,19,20). The first kappa shape index (κ1) is 15.0. The Bertz CT molecular complexity index is 631. The fourth-order valence-electron chi connectivity index (χ4n) is 1.93. The highest BCUT2D eigenvalue weighted by Crippen LogP contribution is 2.18. The van der Waals surface area contributed by atoms with Crippen LogP contribution >= 0.6 is 27.5 Å². The number of aryl methyl sites for hydroxylation is 1. The number of nitrogens with one attached hydrogen (secondary N) is 1. The number of hydrogen-bond acceptors (Lipinski definition) is 2. The predicted octanol–water partition coefficient (Wildman–Crippen LogP) is 3.99. The van der Waals surface area contributed by atoms with E-state index in [0.29, 0.717) is 12.1 Å². The third kappa shape index (κ3) is 3.58. The van der Waals surface area contributed by atoms with E-state index in [2.05, 4.69) is 39.2 Å². The zero-order valence-corrected chi connectivity index (χ0v) is 13.3. The Morgan fingerprint density at radius 1 is 1.35 bits per heavy atom. The van der Waals surface area contributed by atoms with Crippen molar-refractivity contribution in [2.24, 2.45) is 0 Å². The lowest BCUT2D eigenvalue weighted by Crippen LogP contribution is -2.24. The van der Waals surface area contributed by atoms with E-state index in [1.165, 1.54) is 5.56 Å². The van der Waals surface area contributed by atoms with Gasteiger partial charge in [-0.05, 0) is 39.5 Å². The summed E-state index contributed by atoms with van der Waals surface area (Å²) in [6.07, 6.45) is 2.50. The Hall–Kier alpha value is -1.39. The van der Waals surface area contributed by atoms with E-state index in [1.54, 1.807) is 12.3 Å². The number of carbonyl (C=O) groups is 1. The average Bonchev–Trinajstić information content (AvgIpc) is 2.47. The summed E-state index contributed by atoms with van der Waals surface area (Å²) in [5.41, 5.74) is 2.71. The van der Waals surface area contributed by atoms with Crippen LogP contribution in [-0.4, -0.2) is 10.9 Å². The summed E-state index contributed by atoms with van der Waals surface area (Å²) in [6, 6.07) is 9.71. The van der Waals surface area contributed by atoms with Gasteiger partial charge in [0.05, 0.1) is 5.56 Å². The van der Waals surface area contributed by atoms with Crippen molar-refractivity contribution < 1.29 is 4.79 Å². The number of pyridine rings is 1. The van der Waals surface area contributed by atoms with Crippen molar-refractivity contribution in [3.8, 4) is 0 Å². The molecule has 0 radical (unpaired) electrons. The van der Waals surface area contributed by atoms with Gasteiger partial charge in [-0.2, -0.15) is 0 Å². The van der Waals surface area contributed by atoms with Crippen LogP contribution in [0.2, 0.25) is 5.15 Å². The summed E-state index contributed by atoms with van der Waals surface area (Å²) in [5.74, 6) is -0.227. The first-order valence-electron chi connectivity index (χ1n) is 6.28. The molecule has 0 aliphatic heterocycles. The number of aromatic nitrogens is 1. The van der Waals surface area contributed by atoms with Gasteiger partial charge < -0.3 is 5.32 Å². The summed E-state index contributed by atoms with van der Waals surface area (Å²) in [5, 5.41) is 3.08. The van der Waals surface area contributed by atoms with Crippen molar-refractivity contribution in [1.29, 1.82) is 0 Å². The van der Waals surface area contributed by atoms with Crippen molar-refractivity contribution in [2.45, 2.75) is 19.9 Å². The van der Waals surface area contributed by atoms with E-state index in [-0.39, 0.29) is 11.1 Å². The number of amides is 1. The van der Waals surface area contributed by atoms with Gasteiger partial charge in [-0.15, -0.1) is 0 Å². The summed E-state index contributed by atoms with van der Waals surface area (Å²) in [7, 11) is 0. The molecule has 3 nitrogen and oxygen atoms in total. The maximum atomic E-state index is 12.1. The van der Waals surface area contributed by atoms with Gasteiger partial charge >= 0.3 is 0 Å². The molecule has 0 saturated heterocycles. The maximum Gasteiger partial charge on any atom is 0.254 e. The molecule has 104 valence electrons. The molecule has 1 aromatic heterocycles. The van der Waals surface area contributed by atoms with Crippen LogP contribution in [-0.2, 0) is 13.0 Å². The molecular formula is C15H14BrClN2O. The van der Waals surface area contributed by atoms with E-state index >= 15 is 0 Å². The Morgan fingerprint density at radius 2 is 2.05 bits per heavy atom. The summed E-state index contributed by atoms with van der Waals surface area (Å²) in [6.45, 7) is 2.57. The van der Waals surface area contributed by atoms with Crippen LogP contribution in [0.25, 0.3) is 0 Å². The number of rotatable bonds is 4. The molecule has 0 aliphatic carbocycles. The van der Waals surface area contributed by atoms with Crippen molar-refractivity contribution in [1.82, 2.24) is 10.3 Å². The fraction of sp³-hybridized carbons (Fsp3) is 0.200. The van der Waals surface area contributed by atoms with Crippen molar-refractivity contribution in [2.75, 3.05) is 0 Å². The monoisotopic (exact) mass is 352 g/mol. The molecule has 2 rings (SSSR count). The molecule has 0 saturated carbocycles. The Morgan fingerprint density at radius 3 is 2.75 bits per heavy atom. The van der Waals surface area contributed by atoms with E-state index in [9.17, 15) is 4.79 Å². The second kappa shape index (κ2) is 6.86. The van der Waals surface area contributed by atoms with Gasteiger partial charge in [0, 0.05) is 17.2 Å². The SMILES string of the molecule is CCc1ccccc1CNC(=O)c1cc(Br)cnc1Cl. The Labute approximate surface area is 131 Å². The number of benzene rings is 1. The lowest BCUT2D eigenvalue weighted by molar-refractivity contribution is 0.0950. The minimum absolute atomic E-state index is 0.203. The van der Waals surface area contributed by atoms with Crippen molar-refractivity contribution in [3.63, 3.8) is 0 Å². The molecule has 0 bridgehead atoms. The predicted molar refractivity (Wildman–Crippen MR) is 83.9 cm³/mol. The van der Waals surface area contributed by atoms with Gasteiger partial charge in [-0.1, -0.05) is 42.8 Å². The minimum Gasteiger partial charge on any atom is -0.348 e. The minimum atomic E-state index is -0.227. The van der Waals surface area contributed by atoms with Crippen molar-refractivity contribution in [3.05, 3.63) is 62.8 Å². The van der Waals surface area contributed by atoms with Crippen LogP contribution < -0.4 is 5.32 Å². The molecule has 1 heterocycles. The number of nitrogens with zero attached hydrogens (tertiary/aromatic N) is 1. The second-order valence-electron chi connectivity index (χ2n) is 4.30. The molecule has 1 N–H and O–H groups in total. The Kier molecular flexibility index (Phi) is 5.15. The quantitative estimate of drug-likeness (QED) is 0.845. The fourth-order valence-corrected chi connectivity index (χ4v) is 2.45. The highest BCUT2D eigenvalue weighted by atomic mass is 79.9. The third-order valence-electron chi connectivity index (χ3n) is 2.99. The maximum absolute atomic E-state index is 12.1. The third-order valence-corrected chi connectivity index (χ3v) is 3.72. The lowest BCUT2D eigenvalue weighted by atomic mass is 10.1. The van der Waals surface area contributed by atoms with E-state index in [0.717, 1.165) is 16.5 Å². The summed E-state index contributed by atoms with van der Waals surface area (Å²) < 4.78 is 0.723. The van der Waals surface area contributed by atoms with Gasteiger partial charge in [0.1, 0.15) is 5.15 Å². The smallest absolute Gasteiger partial charge is 0.254 e. The summed E-state index contributed by atoms with van der Waals surface area (Å²) >= 11 is 9.22. The first-order valence-corrected chi connectivity index (χ1v) is 7.45. The molecule has 0 unspecified atom stereocenters. The zero-order chi connectivity index (χ0) is 14.5. The van der Waals surface area contributed by atoms with Gasteiger partial charge in [0.15, 0.2) is 0 Å². The van der Waals surface area contributed by atoms with Crippen LogP contribution in [0.1, 0.15) is 28.4 Å². The molecule has 20 heavy (non-hydrogen) atoms. The first-order chi connectivity index (χ1) is 9.61. The molecule has 1 aromatic carbocycles. The topological polar surface area (TPSA) is 42.0 Å². The van der Waals surface area contributed by atoms with E-state index < -0.39 is 0 Å². The van der Waals surface area contributed by atoms with Crippen LogP contribution in [0.4, 0.5) is 0 Å². The van der Waals surface area contributed by atoms with Crippen molar-refractivity contribution >= 4 is 33.4 Å². The molecule has 5 heteroatoms. The largest absolute Gasteiger partial charge is 0.348 e. The number of carbonyl (C=O) groups excluding carboxylic acids is 1. The van der Waals surface area contributed by atoms with Gasteiger partial charge in [-0.3, -0.25) is 4.79 Å². The molecule has 0 fully saturated rings. The molecule has 1 amide bonds. The zero-order valence-electron chi connectivity index (χ0n) is 11.0. The molecular weight excluding hydrogens is 340 g/mol. The number of hydrogen-bond donors (Lipinski definition) is 1. The van der Waals surface area contributed by atoms with Crippen LogP contribution in [0, 0.1) is 0 Å². The van der Waals surface area contributed by atoms with E-state index in [1.807, 2.05) is 18.2 Å². The summed E-state index contributed by atoms with van der Waals surface area (Å²) in [4.78, 5) is 16.1. The Balaban J connectivity index is 2.11.